The lowest BCUT2D eigenvalue weighted by atomic mass is 9.36. The van der Waals surface area contributed by atoms with E-state index in [-0.39, 0.29) is 45.9 Å². The lowest BCUT2D eigenvalue weighted by Crippen LogP contribution is -2.63. The number of carboxylic acid groups (broad SMARTS) is 1. The molecular weight excluding hydrogens is 663 g/mol. The van der Waals surface area contributed by atoms with Gasteiger partial charge in [0.25, 0.3) is 0 Å². The first-order valence-corrected chi connectivity index (χ1v) is 20.3. The maximum atomic E-state index is 13.5. The number of nitrogens with one attached hydrogen (secondary N) is 1. The SMILES string of the molecule is CC(C)C1=C2C3CCC4C(C)(CCC5C(C)(C)C(OC(=O)CC(C)(C)C(=O)O)CCC54C)C3CCC2(/C=C/C=O)CC1=O.CNCc1ccc(C)cc1. The van der Waals surface area contributed by atoms with Crippen LogP contribution < -0.4 is 5.32 Å². The van der Waals surface area contributed by atoms with E-state index in [1.807, 2.05) is 7.05 Å². The molecule has 4 fully saturated rings. The van der Waals surface area contributed by atoms with Gasteiger partial charge in [-0.05, 0) is 142 Å². The molecule has 0 amide bonds. The van der Waals surface area contributed by atoms with Crippen LogP contribution in [0.1, 0.15) is 131 Å². The molecular formula is C46H67NO6. The number of Topliss-reactive ketones (excluding diaryl/α,β-unsaturated/α-hetero) is 1. The summed E-state index contributed by atoms with van der Waals surface area (Å²) >= 11 is 0. The van der Waals surface area contributed by atoms with Gasteiger partial charge in [-0.2, -0.15) is 0 Å². The lowest BCUT2D eigenvalue weighted by molar-refractivity contribution is -0.213. The molecule has 6 rings (SSSR count). The molecule has 0 heterocycles. The second-order valence-electron chi connectivity index (χ2n) is 19.4. The zero-order valence-electron chi connectivity index (χ0n) is 34.3. The Labute approximate surface area is 319 Å². The predicted octanol–water partition coefficient (Wildman–Crippen LogP) is 9.46. The van der Waals surface area contributed by atoms with E-state index >= 15 is 0 Å². The van der Waals surface area contributed by atoms with E-state index in [2.05, 4.69) is 84.1 Å². The summed E-state index contributed by atoms with van der Waals surface area (Å²) in [5.41, 5.74) is 3.72. The van der Waals surface area contributed by atoms with Crippen molar-refractivity contribution in [3.63, 3.8) is 0 Å². The average Bonchev–Trinajstić information content (AvgIpc) is 3.38. The van der Waals surface area contributed by atoms with Crippen LogP contribution in [0, 0.1) is 63.6 Å². The first-order valence-electron chi connectivity index (χ1n) is 20.3. The van der Waals surface area contributed by atoms with Crippen LogP contribution in [0.15, 0.2) is 47.6 Å². The van der Waals surface area contributed by atoms with Crippen molar-refractivity contribution < 1.29 is 29.0 Å². The molecule has 7 heteroatoms. The summed E-state index contributed by atoms with van der Waals surface area (Å²) in [4.78, 5) is 49.4. The highest BCUT2D eigenvalue weighted by atomic mass is 16.5. The predicted molar refractivity (Wildman–Crippen MR) is 210 cm³/mol. The van der Waals surface area contributed by atoms with Gasteiger partial charge < -0.3 is 15.2 Å². The zero-order valence-corrected chi connectivity index (χ0v) is 34.3. The molecule has 292 valence electrons. The van der Waals surface area contributed by atoms with E-state index in [1.54, 1.807) is 19.9 Å². The monoisotopic (exact) mass is 729 g/mol. The summed E-state index contributed by atoms with van der Waals surface area (Å²) in [5.74, 6) is 0.943. The summed E-state index contributed by atoms with van der Waals surface area (Å²) in [7, 11) is 1.96. The molecule has 0 aromatic heterocycles. The maximum absolute atomic E-state index is 13.5. The summed E-state index contributed by atoms with van der Waals surface area (Å²) in [6, 6.07) is 8.55. The summed E-state index contributed by atoms with van der Waals surface area (Å²) in [5, 5.41) is 12.6. The molecule has 0 aliphatic heterocycles. The Morgan fingerprint density at radius 3 is 2.23 bits per heavy atom. The Morgan fingerprint density at radius 2 is 1.62 bits per heavy atom. The van der Waals surface area contributed by atoms with Gasteiger partial charge in [-0.1, -0.05) is 77.4 Å². The fraction of sp³-hybridized carbons (Fsp3) is 0.696. The number of ether oxygens (including phenoxy) is 1. The van der Waals surface area contributed by atoms with E-state index in [1.165, 1.54) is 16.7 Å². The molecule has 0 spiro atoms. The molecule has 4 saturated carbocycles. The number of aldehydes is 1. The Kier molecular flexibility index (Phi) is 11.8. The number of carboxylic acids is 1. The van der Waals surface area contributed by atoms with Gasteiger partial charge >= 0.3 is 11.9 Å². The van der Waals surface area contributed by atoms with Gasteiger partial charge in [-0.3, -0.25) is 19.2 Å². The highest BCUT2D eigenvalue weighted by Crippen LogP contribution is 2.73. The van der Waals surface area contributed by atoms with E-state index in [4.69, 9.17) is 4.74 Å². The zero-order chi connectivity index (χ0) is 39.1. The molecule has 0 bridgehead atoms. The quantitative estimate of drug-likeness (QED) is 0.148. The highest BCUT2D eigenvalue weighted by molar-refractivity contribution is 6.01. The third kappa shape index (κ3) is 7.50. The third-order valence-electron chi connectivity index (χ3n) is 15.0. The van der Waals surface area contributed by atoms with Gasteiger partial charge in [0, 0.05) is 23.8 Å². The summed E-state index contributed by atoms with van der Waals surface area (Å²) < 4.78 is 6.10. The Morgan fingerprint density at radius 1 is 0.962 bits per heavy atom. The smallest absolute Gasteiger partial charge is 0.309 e. The largest absolute Gasteiger partial charge is 0.481 e. The van der Waals surface area contributed by atoms with E-state index in [9.17, 15) is 24.3 Å². The second-order valence-corrected chi connectivity index (χ2v) is 19.4. The van der Waals surface area contributed by atoms with Crippen molar-refractivity contribution in [2.45, 2.75) is 139 Å². The number of rotatable bonds is 9. The number of fused-ring (bicyclic) bond motifs is 7. The molecule has 1 aromatic carbocycles. The van der Waals surface area contributed by atoms with Crippen molar-refractivity contribution in [2.75, 3.05) is 7.05 Å². The van der Waals surface area contributed by atoms with Gasteiger partial charge in [-0.25, -0.2) is 0 Å². The van der Waals surface area contributed by atoms with Gasteiger partial charge in [0.15, 0.2) is 5.78 Å². The molecule has 5 aliphatic rings. The molecule has 2 N–H and O–H groups in total. The number of carbonyl (C=O) groups excluding carboxylic acids is 3. The van der Waals surface area contributed by atoms with Crippen LogP contribution in [0.2, 0.25) is 0 Å². The van der Waals surface area contributed by atoms with E-state index in [0.29, 0.717) is 30.1 Å². The first-order chi connectivity index (χ1) is 24.8. The second kappa shape index (κ2) is 15.2. The number of hydrogen-bond acceptors (Lipinski definition) is 6. The van der Waals surface area contributed by atoms with Gasteiger partial charge in [-0.15, -0.1) is 0 Å². The summed E-state index contributed by atoms with van der Waals surface area (Å²) in [6.45, 7) is 20.1. The van der Waals surface area contributed by atoms with Crippen LogP contribution in [-0.4, -0.2) is 42.3 Å². The number of allylic oxidation sites excluding steroid dienone is 4. The molecule has 7 nitrogen and oxygen atoms in total. The van der Waals surface area contributed by atoms with Crippen LogP contribution in [0.25, 0.3) is 0 Å². The van der Waals surface area contributed by atoms with Crippen LogP contribution in [0.3, 0.4) is 0 Å². The maximum Gasteiger partial charge on any atom is 0.309 e. The van der Waals surface area contributed by atoms with Crippen LogP contribution >= 0.6 is 0 Å². The molecule has 5 aliphatic carbocycles. The average molecular weight is 730 g/mol. The Hall–Kier alpha value is -3.06. The van der Waals surface area contributed by atoms with Gasteiger partial charge in [0.2, 0.25) is 0 Å². The molecule has 1 aromatic rings. The van der Waals surface area contributed by atoms with Crippen molar-refractivity contribution in [1.29, 1.82) is 0 Å². The van der Waals surface area contributed by atoms with E-state index in [0.717, 1.165) is 69.8 Å². The van der Waals surface area contributed by atoms with Crippen LogP contribution in [0.4, 0.5) is 0 Å². The fourth-order valence-corrected chi connectivity index (χ4v) is 12.5. The van der Waals surface area contributed by atoms with Gasteiger partial charge in [0.05, 0.1) is 11.8 Å². The van der Waals surface area contributed by atoms with Crippen molar-refractivity contribution >= 4 is 24.0 Å². The standard InChI is InChI=1S/C37H54O6.C9H13N/c1-22(2)30-25(39)20-37(15-9-19-38)18-12-24-23(31(30)37)10-11-27-35(24,7)16-13-26-34(5,6)28(14-17-36(26,27)8)43-29(40)21-33(3,4)32(41)42;1-8-3-5-9(6-4-8)7-10-2/h9,15,19,22-24,26-28H,10-14,16-18,20-21H2,1-8H3,(H,41,42);3-6,10H,7H2,1-2H3/b15-9+;. The van der Waals surface area contributed by atoms with Crippen molar-refractivity contribution in [3.05, 3.63) is 58.7 Å². The molecule has 8 unspecified atom stereocenters. The number of aliphatic carboxylic acids is 1. The molecule has 0 saturated heterocycles. The minimum absolute atomic E-state index is 0.122. The van der Waals surface area contributed by atoms with Crippen molar-refractivity contribution in [2.24, 2.45) is 56.7 Å². The van der Waals surface area contributed by atoms with Crippen LogP contribution in [0.5, 0.6) is 0 Å². The Bertz CT molecular complexity index is 1620. The number of carbonyl (C=O) groups is 4. The minimum atomic E-state index is -1.15. The number of esters is 1. The number of aryl methyl sites for hydroxylation is 1. The summed E-state index contributed by atoms with van der Waals surface area (Å²) in [6.07, 6.45) is 13.0. The lowest BCUT2D eigenvalue weighted by Gasteiger charge is -2.68. The Balaban J connectivity index is 0.000000469. The number of benzene rings is 1. The first kappa shape index (κ1) is 41.1. The molecule has 0 radical (unpaired) electrons. The van der Waals surface area contributed by atoms with E-state index < -0.39 is 17.4 Å². The molecule has 8 atom stereocenters. The number of hydrogen-bond donors (Lipinski definition) is 2. The van der Waals surface area contributed by atoms with Crippen molar-refractivity contribution in [3.8, 4) is 0 Å². The van der Waals surface area contributed by atoms with Gasteiger partial charge in [0.1, 0.15) is 12.4 Å². The topological polar surface area (TPSA) is 110 Å². The number of ketones is 1. The normalized spacial score (nSPS) is 34.7. The highest BCUT2D eigenvalue weighted by Gasteiger charge is 2.66. The molecule has 53 heavy (non-hydrogen) atoms. The van der Waals surface area contributed by atoms with Crippen molar-refractivity contribution in [1.82, 2.24) is 5.32 Å². The third-order valence-corrected chi connectivity index (χ3v) is 15.0. The van der Waals surface area contributed by atoms with Crippen LogP contribution in [-0.2, 0) is 30.5 Å². The fourth-order valence-electron chi connectivity index (χ4n) is 12.5. The minimum Gasteiger partial charge on any atom is -0.481 e.